The van der Waals surface area contributed by atoms with Gasteiger partial charge in [0.1, 0.15) is 0 Å². The molecule has 6 nitrogen and oxygen atoms in total. The third-order valence-electron chi connectivity index (χ3n) is 5.04. The summed E-state index contributed by atoms with van der Waals surface area (Å²) in [5.41, 5.74) is 1.38. The van der Waals surface area contributed by atoms with Crippen molar-refractivity contribution in [3.8, 4) is 0 Å². The summed E-state index contributed by atoms with van der Waals surface area (Å²) in [6.07, 6.45) is 4.14. The Morgan fingerprint density at radius 1 is 1.33 bits per heavy atom. The van der Waals surface area contributed by atoms with Crippen molar-refractivity contribution in [2.45, 2.75) is 31.8 Å². The summed E-state index contributed by atoms with van der Waals surface area (Å²) in [7, 11) is 8.49. The van der Waals surface area contributed by atoms with Gasteiger partial charge < -0.3 is 24.4 Å². The second-order valence-electron chi connectivity index (χ2n) is 6.87. The maximum Gasteiger partial charge on any atom is 0.194 e. The molecule has 1 aliphatic rings. The molecule has 2 heterocycles. The Hall–Kier alpha value is -1.53. The topological polar surface area (TPSA) is 45.0 Å². The van der Waals surface area contributed by atoms with E-state index in [2.05, 4.69) is 73.1 Å². The predicted molar refractivity (Wildman–Crippen MR) is 99.3 cm³/mol. The van der Waals surface area contributed by atoms with Crippen LogP contribution in [0.25, 0.3) is 0 Å². The normalized spacial score (nSPS) is 18.0. The van der Waals surface area contributed by atoms with E-state index < -0.39 is 0 Å². The van der Waals surface area contributed by atoms with E-state index in [4.69, 9.17) is 9.73 Å². The maximum absolute atomic E-state index is 5.56. The van der Waals surface area contributed by atoms with Crippen LogP contribution in [0.5, 0.6) is 0 Å². The Morgan fingerprint density at radius 2 is 2.04 bits per heavy atom. The summed E-state index contributed by atoms with van der Waals surface area (Å²) in [6, 6.07) is 4.23. The minimum absolute atomic E-state index is 0.102. The number of guanidine groups is 1. The molecule has 1 N–H and O–H groups in total. The molecule has 0 bridgehead atoms. The molecule has 0 spiro atoms. The van der Waals surface area contributed by atoms with Gasteiger partial charge >= 0.3 is 0 Å². The number of likely N-dealkylation sites (N-methyl/N-ethyl adjacent to an activating group) is 1. The number of aromatic nitrogens is 1. The fraction of sp³-hybridized carbons (Fsp3) is 0.722. The van der Waals surface area contributed by atoms with Crippen LogP contribution in [0.15, 0.2) is 23.3 Å². The van der Waals surface area contributed by atoms with Crippen LogP contribution in [-0.2, 0) is 18.3 Å². The third kappa shape index (κ3) is 4.51. The first kappa shape index (κ1) is 18.8. The highest BCUT2D eigenvalue weighted by molar-refractivity contribution is 5.79. The highest BCUT2D eigenvalue weighted by Gasteiger charge is 2.34. The fourth-order valence-electron chi connectivity index (χ4n) is 3.17. The first-order valence-corrected chi connectivity index (χ1v) is 8.83. The SMILES string of the molecule is CCNC(=NCC1(N(C)C)CCOCC1)N(C)Cc1cccn1C. The molecule has 136 valence electrons. The van der Waals surface area contributed by atoms with E-state index in [0.29, 0.717) is 0 Å². The van der Waals surface area contributed by atoms with Crippen LogP contribution in [0.1, 0.15) is 25.5 Å². The second-order valence-corrected chi connectivity index (χ2v) is 6.87. The van der Waals surface area contributed by atoms with Crippen molar-refractivity contribution in [1.29, 1.82) is 0 Å². The summed E-state index contributed by atoms with van der Waals surface area (Å²) in [5.74, 6) is 0.964. The van der Waals surface area contributed by atoms with Gasteiger partial charge in [0, 0.05) is 51.3 Å². The molecular weight excluding hydrogens is 302 g/mol. The molecule has 0 aromatic carbocycles. The molecule has 0 saturated carbocycles. The molecule has 0 unspecified atom stereocenters. The highest BCUT2D eigenvalue weighted by Crippen LogP contribution is 2.26. The van der Waals surface area contributed by atoms with Crippen LogP contribution in [0.2, 0.25) is 0 Å². The quantitative estimate of drug-likeness (QED) is 0.633. The van der Waals surface area contributed by atoms with E-state index in [1.54, 1.807) is 0 Å². The zero-order chi connectivity index (χ0) is 17.6. The largest absolute Gasteiger partial charge is 0.381 e. The van der Waals surface area contributed by atoms with Crippen molar-refractivity contribution in [1.82, 2.24) is 19.7 Å². The lowest BCUT2D eigenvalue weighted by Crippen LogP contribution is -2.51. The summed E-state index contributed by atoms with van der Waals surface area (Å²) in [6.45, 7) is 6.26. The number of nitrogens with one attached hydrogen (secondary N) is 1. The maximum atomic E-state index is 5.56. The van der Waals surface area contributed by atoms with Gasteiger partial charge in [-0.05, 0) is 46.0 Å². The zero-order valence-corrected chi connectivity index (χ0v) is 15.9. The van der Waals surface area contributed by atoms with Crippen LogP contribution in [0, 0.1) is 0 Å². The average Bonchev–Trinajstić information content (AvgIpc) is 2.97. The van der Waals surface area contributed by atoms with Crippen molar-refractivity contribution in [3.63, 3.8) is 0 Å². The van der Waals surface area contributed by atoms with Crippen LogP contribution in [-0.4, -0.2) is 73.3 Å². The number of rotatable bonds is 6. The first-order chi connectivity index (χ1) is 11.5. The van der Waals surface area contributed by atoms with Gasteiger partial charge in [-0.1, -0.05) is 0 Å². The summed E-state index contributed by atoms with van der Waals surface area (Å²) >= 11 is 0. The van der Waals surface area contributed by atoms with Crippen molar-refractivity contribution >= 4 is 5.96 Å². The van der Waals surface area contributed by atoms with Gasteiger partial charge in [0.2, 0.25) is 0 Å². The third-order valence-corrected chi connectivity index (χ3v) is 5.04. The van der Waals surface area contributed by atoms with E-state index in [0.717, 1.165) is 51.6 Å². The number of aliphatic imine (C=N–C) groups is 1. The van der Waals surface area contributed by atoms with Crippen LogP contribution in [0.3, 0.4) is 0 Å². The van der Waals surface area contributed by atoms with Gasteiger partial charge in [-0.15, -0.1) is 0 Å². The molecule has 1 aliphatic heterocycles. The lowest BCUT2D eigenvalue weighted by Gasteiger charge is -2.42. The molecular formula is C18H33N5O. The molecule has 0 radical (unpaired) electrons. The monoisotopic (exact) mass is 335 g/mol. The lowest BCUT2D eigenvalue weighted by molar-refractivity contribution is -0.00263. The smallest absolute Gasteiger partial charge is 0.194 e. The number of ether oxygens (including phenoxy) is 1. The lowest BCUT2D eigenvalue weighted by atomic mass is 9.89. The first-order valence-electron chi connectivity index (χ1n) is 8.83. The summed E-state index contributed by atoms with van der Waals surface area (Å²) in [5, 5.41) is 3.43. The van der Waals surface area contributed by atoms with Gasteiger partial charge in [-0.25, -0.2) is 0 Å². The molecule has 1 aromatic rings. The molecule has 0 amide bonds. The van der Waals surface area contributed by atoms with Gasteiger partial charge in [0.05, 0.1) is 13.1 Å². The molecule has 2 rings (SSSR count). The highest BCUT2D eigenvalue weighted by atomic mass is 16.5. The molecule has 6 heteroatoms. The van der Waals surface area contributed by atoms with Crippen molar-refractivity contribution in [2.75, 3.05) is 47.4 Å². The Bertz CT molecular complexity index is 531. The van der Waals surface area contributed by atoms with E-state index in [1.807, 2.05) is 0 Å². The molecule has 0 atom stereocenters. The number of nitrogens with zero attached hydrogens (tertiary/aromatic N) is 4. The van der Waals surface area contributed by atoms with Crippen LogP contribution >= 0.6 is 0 Å². The Balaban J connectivity index is 2.10. The zero-order valence-electron chi connectivity index (χ0n) is 15.9. The molecule has 0 aliphatic carbocycles. The average molecular weight is 335 g/mol. The van der Waals surface area contributed by atoms with E-state index in [9.17, 15) is 0 Å². The van der Waals surface area contributed by atoms with Gasteiger partial charge in [0.25, 0.3) is 0 Å². The number of hydrogen-bond acceptors (Lipinski definition) is 3. The molecule has 1 saturated heterocycles. The van der Waals surface area contributed by atoms with Crippen LogP contribution < -0.4 is 5.32 Å². The Kier molecular flexibility index (Phi) is 6.69. The van der Waals surface area contributed by atoms with E-state index in [-0.39, 0.29) is 5.54 Å². The molecule has 24 heavy (non-hydrogen) atoms. The summed E-state index contributed by atoms with van der Waals surface area (Å²) < 4.78 is 7.71. The van der Waals surface area contributed by atoms with Gasteiger partial charge in [0.15, 0.2) is 5.96 Å². The Morgan fingerprint density at radius 3 is 2.58 bits per heavy atom. The fourth-order valence-corrected chi connectivity index (χ4v) is 3.17. The Labute approximate surface area is 146 Å². The van der Waals surface area contributed by atoms with Crippen molar-refractivity contribution in [3.05, 3.63) is 24.0 Å². The van der Waals surface area contributed by atoms with E-state index >= 15 is 0 Å². The van der Waals surface area contributed by atoms with Gasteiger partial charge in [-0.2, -0.15) is 0 Å². The molecule has 1 fully saturated rings. The van der Waals surface area contributed by atoms with Crippen molar-refractivity contribution < 1.29 is 4.74 Å². The minimum atomic E-state index is 0.102. The number of aryl methyl sites for hydroxylation is 1. The standard InChI is InChI=1S/C18H33N5O/c1-6-19-17(23(5)14-16-8-7-11-22(16)4)20-15-18(21(2)3)9-12-24-13-10-18/h7-8,11H,6,9-10,12-15H2,1-5H3,(H,19,20). The molecule has 1 aromatic heterocycles. The van der Waals surface area contributed by atoms with Crippen LogP contribution in [0.4, 0.5) is 0 Å². The second kappa shape index (κ2) is 8.53. The number of hydrogen-bond donors (Lipinski definition) is 1. The van der Waals surface area contributed by atoms with Crippen molar-refractivity contribution in [2.24, 2.45) is 12.0 Å². The van der Waals surface area contributed by atoms with Gasteiger partial charge in [-0.3, -0.25) is 4.99 Å². The summed E-state index contributed by atoms with van der Waals surface area (Å²) in [4.78, 5) is 9.48. The minimum Gasteiger partial charge on any atom is -0.381 e. The van der Waals surface area contributed by atoms with E-state index in [1.165, 1.54) is 5.69 Å². The predicted octanol–water partition coefficient (Wildman–Crippen LogP) is 1.53.